The van der Waals surface area contributed by atoms with Gasteiger partial charge in [0, 0.05) is 31.0 Å². The molecule has 20 heavy (non-hydrogen) atoms. The molecular weight excluding hydrogens is 254 g/mol. The molecule has 2 heterocycles. The molecule has 2 amide bonds. The average Bonchev–Trinajstić information content (AvgIpc) is 3.40. The Morgan fingerprint density at radius 2 is 2.05 bits per heavy atom. The third kappa shape index (κ3) is 2.51. The number of likely N-dealkylation sites (tertiary alicyclic amines) is 1. The number of aromatic nitrogens is 3. The van der Waals surface area contributed by atoms with Gasteiger partial charge >= 0.3 is 6.03 Å². The first-order valence-corrected chi connectivity index (χ1v) is 7.77. The van der Waals surface area contributed by atoms with E-state index in [-0.39, 0.29) is 11.9 Å². The summed E-state index contributed by atoms with van der Waals surface area (Å²) in [5, 5.41) is 10.5. The Bertz CT molecular complexity index is 505. The van der Waals surface area contributed by atoms with Crippen LogP contribution in [-0.2, 0) is 0 Å². The van der Waals surface area contributed by atoms with E-state index >= 15 is 0 Å². The number of amides is 2. The van der Waals surface area contributed by atoms with Gasteiger partial charge in [-0.15, -0.1) is 0 Å². The van der Waals surface area contributed by atoms with Crippen molar-refractivity contribution >= 4 is 6.03 Å². The normalized spacial score (nSPS) is 26.6. The smallest absolute Gasteiger partial charge is 0.317 e. The molecule has 2 aliphatic carbocycles. The average molecular weight is 275 g/mol. The van der Waals surface area contributed by atoms with Crippen molar-refractivity contribution in [3.8, 4) is 0 Å². The summed E-state index contributed by atoms with van der Waals surface area (Å²) in [6, 6.07) is 0.517. The number of carbonyl (C=O) groups excluding carboxylic acids is 1. The summed E-state index contributed by atoms with van der Waals surface area (Å²) in [6.45, 7) is 1.61. The van der Waals surface area contributed by atoms with Gasteiger partial charge in [0.1, 0.15) is 5.82 Å². The van der Waals surface area contributed by atoms with E-state index in [1.165, 1.54) is 12.8 Å². The van der Waals surface area contributed by atoms with Crippen LogP contribution in [0.4, 0.5) is 4.79 Å². The lowest BCUT2D eigenvalue weighted by molar-refractivity contribution is 0.178. The monoisotopic (exact) mass is 275 g/mol. The van der Waals surface area contributed by atoms with Crippen LogP contribution in [0.25, 0.3) is 0 Å². The van der Waals surface area contributed by atoms with Gasteiger partial charge in [-0.25, -0.2) is 9.78 Å². The van der Waals surface area contributed by atoms with E-state index < -0.39 is 0 Å². The number of aromatic amines is 1. The van der Waals surface area contributed by atoms with E-state index in [1.54, 1.807) is 0 Å². The molecule has 2 saturated carbocycles. The van der Waals surface area contributed by atoms with E-state index in [0.29, 0.717) is 12.0 Å². The largest absolute Gasteiger partial charge is 0.335 e. The number of urea groups is 1. The predicted molar refractivity (Wildman–Crippen MR) is 73.5 cm³/mol. The molecule has 0 bridgehead atoms. The van der Waals surface area contributed by atoms with Gasteiger partial charge in [0.2, 0.25) is 0 Å². The van der Waals surface area contributed by atoms with Crippen LogP contribution in [0.2, 0.25) is 0 Å². The van der Waals surface area contributed by atoms with Gasteiger partial charge in [-0.2, -0.15) is 5.10 Å². The summed E-state index contributed by atoms with van der Waals surface area (Å²) in [5.41, 5.74) is 0. The van der Waals surface area contributed by atoms with Crippen molar-refractivity contribution < 1.29 is 4.79 Å². The highest BCUT2D eigenvalue weighted by molar-refractivity contribution is 5.75. The van der Waals surface area contributed by atoms with Crippen LogP contribution in [-0.4, -0.2) is 45.2 Å². The van der Waals surface area contributed by atoms with Crippen molar-refractivity contribution in [3.05, 3.63) is 11.6 Å². The van der Waals surface area contributed by atoms with Crippen LogP contribution in [0, 0.1) is 0 Å². The molecule has 0 spiro atoms. The highest BCUT2D eigenvalue weighted by atomic mass is 16.2. The molecular formula is C14H21N5O. The molecule has 1 aliphatic heterocycles. The fraction of sp³-hybridized carbons (Fsp3) is 0.786. The minimum atomic E-state index is 0.0927. The van der Waals surface area contributed by atoms with Gasteiger partial charge in [0.15, 0.2) is 5.82 Å². The molecule has 0 aromatic carbocycles. The van der Waals surface area contributed by atoms with Gasteiger partial charge in [-0.1, -0.05) is 0 Å². The first-order chi connectivity index (χ1) is 9.79. The first kappa shape index (κ1) is 12.2. The number of nitrogens with one attached hydrogen (secondary N) is 2. The van der Waals surface area contributed by atoms with Crippen LogP contribution in [0.5, 0.6) is 0 Å². The number of rotatable bonds is 3. The number of H-pyrrole nitrogens is 1. The fourth-order valence-electron chi connectivity index (χ4n) is 2.88. The second kappa shape index (κ2) is 4.75. The standard InChI is InChI=1S/C14H21N5O/c20-14(15-11-5-6-11)19-7-1-2-10(8-19)13-16-12(17-18-13)9-3-4-9/h9-11H,1-8H2,(H,15,20)(H,16,17,18)/t10-/m1/s1. The summed E-state index contributed by atoms with van der Waals surface area (Å²) < 4.78 is 0. The lowest BCUT2D eigenvalue weighted by Crippen LogP contribution is -2.45. The summed E-state index contributed by atoms with van der Waals surface area (Å²) >= 11 is 0. The molecule has 1 atom stereocenters. The maximum atomic E-state index is 12.1. The Morgan fingerprint density at radius 1 is 1.20 bits per heavy atom. The zero-order valence-electron chi connectivity index (χ0n) is 11.6. The van der Waals surface area contributed by atoms with Crippen LogP contribution in [0.1, 0.15) is 62.0 Å². The molecule has 1 aromatic heterocycles. The van der Waals surface area contributed by atoms with Gasteiger partial charge in [-0.3, -0.25) is 5.10 Å². The Kier molecular flexibility index (Phi) is 2.89. The number of carbonyl (C=O) groups is 1. The summed E-state index contributed by atoms with van der Waals surface area (Å²) in [6.07, 6.45) is 6.85. The van der Waals surface area contributed by atoms with E-state index in [0.717, 1.165) is 50.4 Å². The van der Waals surface area contributed by atoms with Gasteiger partial charge in [0.05, 0.1) is 0 Å². The molecule has 0 unspecified atom stereocenters. The van der Waals surface area contributed by atoms with Gasteiger partial charge < -0.3 is 10.2 Å². The molecule has 2 N–H and O–H groups in total. The van der Waals surface area contributed by atoms with Crippen LogP contribution in [0.15, 0.2) is 0 Å². The number of piperidine rings is 1. The molecule has 1 aromatic rings. The van der Waals surface area contributed by atoms with Crippen LogP contribution < -0.4 is 5.32 Å². The summed E-state index contributed by atoms with van der Waals surface area (Å²) in [5.74, 6) is 2.84. The van der Waals surface area contributed by atoms with Crippen molar-refractivity contribution in [3.63, 3.8) is 0 Å². The van der Waals surface area contributed by atoms with Crippen LogP contribution >= 0.6 is 0 Å². The minimum Gasteiger partial charge on any atom is -0.335 e. The molecule has 108 valence electrons. The predicted octanol–water partition coefficient (Wildman–Crippen LogP) is 1.73. The van der Waals surface area contributed by atoms with Gasteiger partial charge in [0.25, 0.3) is 0 Å². The van der Waals surface area contributed by atoms with Crippen molar-refractivity contribution in [1.29, 1.82) is 0 Å². The second-order valence-electron chi connectivity index (χ2n) is 6.36. The summed E-state index contributed by atoms with van der Waals surface area (Å²) in [4.78, 5) is 18.7. The SMILES string of the molecule is O=C(NC1CC1)N1CCC[C@@H](c2n[nH]c(C3CC3)n2)C1. The van der Waals surface area contributed by atoms with E-state index in [2.05, 4.69) is 20.5 Å². The van der Waals surface area contributed by atoms with Crippen molar-refractivity contribution in [1.82, 2.24) is 25.4 Å². The molecule has 6 heteroatoms. The third-order valence-corrected chi connectivity index (χ3v) is 4.46. The molecule has 4 rings (SSSR count). The van der Waals surface area contributed by atoms with Crippen molar-refractivity contribution in [2.24, 2.45) is 0 Å². The number of hydrogen-bond acceptors (Lipinski definition) is 3. The highest BCUT2D eigenvalue weighted by Crippen LogP contribution is 2.38. The fourth-order valence-corrected chi connectivity index (χ4v) is 2.88. The highest BCUT2D eigenvalue weighted by Gasteiger charge is 2.32. The Hall–Kier alpha value is -1.59. The second-order valence-corrected chi connectivity index (χ2v) is 6.36. The Balaban J connectivity index is 1.40. The minimum absolute atomic E-state index is 0.0927. The topological polar surface area (TPSA) is 73.9 Å². The van der Waals surface area contributed by atoms with Gasteiger partial charge in [-0.05, 0) is 38.5 Å². The first-order valence-electron chi connectivity index (χ1n) is 7.77. The molecule has 3 aliphatic rings. The van der Waals surface area contributed by atoms with Crippen LogP contribution in [0.3, 0.4) is 0 Å². The van der Waals surface area contributed by atoms with E-state index in [4.69, 9.17) is 0 Å². The molecule has 1 saturated heterocycles. The molecule has 0 radical (unpaired) electrons. The van der Waals surface area contributed by atoms with E-state index in [1.807, 2.05) is 4.90 Å². The quantitative estimate of drug-likeness (QED) is 0.882. The maximum Gasteiger partial charge on any atom is 0.317 e. The zero-order chi connectivity index (χ0) is 13.5. The Morgan fingerprint density at radius 3 is 2.80 bits per heavy atom. The zero-order valence-corrected chi connectivity index (χ0v) is 11.6. The number of hydrogen-bond donors (Lipinski definition) is 2. The maximum absolute atomic E-state index is 12.1. The van der Waals surface area contributed by atoms with E-state index in [9.17, 15) is 4.79 Å². The Labute approximate surface area is 118 Å². The third-order valence-electron chi connectivity index (χ3n) is 4.46. The van der Waals surface area contributed by atoms with Crippen molar-refractivity contribution in [2.45, 2.75) is 56.4 Å². The lowest BCUT2D eigenvalue weighted by atomic mass is 9.97. The molecule has 3 fully saturated rings. The van der Waals surface area contributed by atoms with Crippen molar-refractivity contribution in [2.75, 3.05) is 13.1 Å². The summed E-state index contributed by atoms with van der Waals surface area (Å²) in [7, 11) is 0. The molecule has 6 nitrogen and oxygen atoms in total. The number of nitrogens with zero attached hydrogens (tertiary/aromatic N) is 3. The lowest BCUT2D eigenvalue weighted by Gasteiger charge is -2.31.